The lowest BCUT2D eigenvalue weighted by atomic mass is 9.79. The topological polar surface area (TPSA) is 130 Å². The Morgan fingerprint density at radius 1 is 1.00 bits per heavy atom. The van der Waals surface area contributed by atoms with Gasteiger partial charge in [-0.2, -0.15) is 0 Å². The molecule has 0 bridgehead atoms. The van der Waals surface area contributed by atoms with Gasteiger partial charge in [0.25, 0.3) is 0 Å². The molecule has 2 amide bonds. The van der Waals surface area contributed by atoms with Gasteiger partial charge in [-0.3, -0.25) is 14.4 Å². The van der Waals surface area contributed by atoms with Crippen LogP contribution in [0.15, 0.2) is 12.1 Å². The van der Waals surface area contributed by atoms with Crippen molar-refractivity contribution in [2.24, 2.45) is 5.41 Å². The lowest BCUT2D eigenvalue weighted by Gasteiger charge is -2.43. The molecule has 40 heavy (non-hydrogen) atoms. The van der Waals surface area contributed by atoms with E-state index >= 15 is 0 Å². The molecule has 0 spiro atoms. The number of carbonyl (C=O) groups excluding carboxylic acids is 4. The molecular weight excluding hydrogens is 524 g/mol. The van der Waals surface area contributed by atoms with Gasteiger partial charge < -0.3 is 38.2 Å². The molecule has 1 unspecified atom stereocenters. The Hall–Kier alpha value is -3.70. The Bertz CT molecular complexity index is 1040. The van der Waals surface area contributed by atoms with Crippen molar-refractivity contribution in [1.29, 1.82) is 0 Å². The Kier molecular flexibility index (Phi) is 11.4. The summed E-state index contributed by atoms with van der Waals surface area (Å²) in [5.41, 5.74) is -1.50. The molecule has 1 aliphatic rings. The number of likely N-dealkylation sites (tertiary alicyclic amines) is 1. The number of methoxy groups -OCH3 is 4. The molecular formula is C28H42N2O10. The average molecular weight is 567 g/mol. The summed E-state index contributed by atoms with van der Waals surface area (Å²) in [6, 6.07) is 3.29. The fourth-order valence-electron chi connectivity index (χ4n) is 4.66. The Balaban J connectivity index is 2.53. The molecule has 0 aliphatic carbocycles. The van der Waals surface area contributed by atoms with Crippen LogP contribution >= 0.6 is 0 Å². The van der Waals surface area contributed by atoms with Gasteiger partial charge in [-0.1, -0.05) is 0 Å². The second-order valence-corrected chi connectivity index (χ2v) is 10.5. The Labute approximate surface area is 235 Å². The van der Waals surface area contributed by atoms with Crippen LogP contribution in [-0.2, 0) is 35.1 Å². The molecule has 2 rings (SSSR count). The minimum atomic E-state index is -1.28. The van der Waals surface area contributed by atoms with E-state index in [2.05, 4.69) is 0 Å². The minimum absolute atomic E-state index is 0.0331. The van der Waals surface area contributed by atoms with Crippen molar-refractivity contribution in [3.8, 4) is 17.2 Å². The molecule has 12 heteroatoms. The van der Waals surface area contributed by atoms with Crippen molar-refractivity contribution in [2.45, 2.75) is 59.1 Å². The van der Waals surface area contributed by atoms with Crippen molar-refractivity contribution in [2.75, 3.05) is 54.7 Å². The van der Waals surface area contributed by atoms with Gasteiger partial charge in [0, 0.05) is 31.8 Å². The summed E-state index contributed by atoms with van der Waals surface area (Å²) in [7, 11) is 5.70. The predicted molar refractivity (Wildman–Crippen MR) is 144 cm³/mol. The number of ether oxygens (including phenoxy) is 6. The van der Waals surface area contributed by atoms with E-state index in [1.165, 1.54) is 38.2 Å². The van der Waals surface area contributed by atoms with Gasteiger partial charge >= 0.3 is 18.0 Å². The molecule has 1 aromatic rings. The lowest BCUT2D eigenvalue weighted by Crippen LogP contribution is -2.56. The number of carbonyl (C=O) groups is 4. The van der Waals surface area contributed by atoms with E-state index in [1.807, 2.05) is 0 Å². The zero-order valence-corrected chi connectivity index (χ0v) is 24.8. The average Bonchev–Trinajstić information content (AvgIpc) is 2.91. The molecule has 0 aromatic heterocycles. The summed E-state index contributed by atoms with van der Waals surface area (Å²) in [6.45, 7) is 7.17. The standard InChI is InChI=1S/C28H42N2O10/c1-9-39-24(32)15-23(31)30(16-20-21(36-6)13-19(35-5)14-22(20)37-7)18-28(25(33)38-8)11-10-12-29(17-28)26(34)40-27(2,3)4/h13-14H,9-12,15-18H2,1-8H3. The number of rotatable bonds is 11. The van der Waals surface area contributed by atoms with Crippen LogP contribution in [0.3, 0.4) is 0 Å². The highest BCUT2D eigenvalue weighted by Gasteiger charge is 2.47. The van der Waals surface area contributed by atoms with Gasteiger partial charge in [-0.25, -0.2) is 4.79 Å². The number of hydrogen-bond acceptors (Lipinski definition) is 10. The fourth-order valence-corrected chi connectivity index (χ4v) is 4.66. The first-order valence-electron chi connectivity index (χ1n) is 13.1. The highest BCUT2D eigenvalue weighted by molar-refractivity contribution is 5.94. The third-order valence-corrected chi connectivity index (χ3v) is 6.46. The predicted octanol–water partition coefficient (Wildman–Crippen LogP) is 3.18. The number of nitrogens with zero attached hydrogens (tertiary/aromatic N) is 2. The molecule has 1 heterocycles. The van der Waals surface area contributed by atoms with Crippen LogP contribution in [0.5, 0.6) is 17.2 Å². The lowest BCUT2D eigenvalue weighted by molar-refractivity contribution is -0.159. The summed E-state index contributed by atoms with van der Waals surface area (Å²) in [5, 5.41) is 0. The van der Waals surface area contributed by atoms with E-state index in [9.17, 15) is 19.2 Å². The van der Waals surface area contributed by atoms with Crippen LogP contribution in [0.2, 0.25) is 0 Å². The van der Waals surface area contributed by atoms with E-state index in [0.29, 0.717) is 42.2 Å². The van der Waals surface area contributed by atoms with Crippen molar-refractivity contribution in [1.82, 2.24) is 9.80 Å². The number of amides is 2. The smallest absolute Gasteiger partial charge is 0.410 e. The van der Waals surface area contributed by atoms with E-state index < -0.39 is 41.4 Å². The van der Waals surface area contributed by atoms with Crippen LogP contribution in [-0.4, -0.2) is 94.0 Å². The molecule has 1 atom stereocenters. The first-order valence-corrected chi connectivity index (χ1v) is 13.1. The third kappa shape index (κ3) is 8.40. The molecule has 12 nitrogen and oxygen atoms in total. The maximum Gasteiger partial charge on any atom is 0.410 e. The number of esters is 2. The maximum atomic E-state index is 13.5. The molecule has 0 radical (unpaired) electrons. The first kappa shape index (κ1) is 32.5. The quantitative estimate of drug-likeness (QED) is 0.224. The summed E-state index contributed by atoms with van der Waals surface area (Å²) in [6.07, 6.45) is -0.284. The zero-order valence-electron chi connectivity index (χ0n) is 24.8. The van der Waals surface area contributed by atoms with Crippen molar-refractivity contribution < 1.29 is 47.6 Å². The minimum Gasteiger partial charge on any atom is -0.496 e. The number of benzene rings is 1. The van der Waals surface area contributed by atoms with Gasteiger partial charge in [-0.05, 0) is 40.5 Å². The van der Waals surface area contributed by atoms with Crippen molar-refractivity contribution in [3.05, 3.63) is 17.7 Å². The van der Waals surface area contributed by atoms with Gasteiger partial charge in [0.15, 0.2) is 0 Å². The first-order chi connectivity index (χ1) is 18.8. The fraction of sp³-hybridized carbons (Fsp3) is 0.643. The molecule has 0 saturated carbocycles. The van der Waals surface area contributed by atoms with Crippen LogP contribution in [0.25, 0.3) is 0 Å². The number of hydrogen-bond donors (Lipinski definition) is 0. The summed E-state index contributed by atoms with van der Waals surface area (Å²) >= 11 is 0. The molecule has 1 fully saturated rings. The van der Waals surface area contributed by atoms with Crippen LogP contribution in [0, 0.1) is 5.41 Å². The number of piperidine rings is 1. The van der Waals surface area contributed by atoms with Crippen LogP contribution < -0.4 is 14.2 Å². The highest BCUT2D eigenvalue weighted by Crippen LogP contribution is 2.38. The Morgan fingerprint density at radius 3 is 2.12 bits per heavy atom. The molecule has 1 aliphatic heterocycles. The van der Waals surface area contributed by atoms with Gasteiger partial charge in [0.05, 0.1) is 47.2 Å². The second kappa shape index (κ2) is 14.1. The SMILES string of the molecule is CCOC(=O)CC(=O)N(Cc1c(OC)cc(OC)cc1OC)CC1(C(=O)OC)CCCN(C(=O)OC(C)(C)C)C1. The second-order valence-electron chi connectivity index (χ2n) is 10.5. The zero-order chi connectivity index (χ0) is 30.1. The Morgan fingerprint density at radius 2 is 1.62 bits per heavy atom. The molecule has 0 N–H and O–H groups in total. The van der Waals surface area contributed by atoms with Gasteiger partial charge in [0.2, 0.25) is 5.91 Å². The third-order valence-electron chi connectivity index (χ3n) is 6.46. The van der Waals surface area contributed by atoms with E-state index in [0.717, 1.165) is 0 Å². The van der Waals surface area contributed by atoms with E-state index in [4.69, 9.17) is 28.4 Å². The van der Waals surface area contributed by atoms with Crippen LogP contribution in [0.1, 0.15) is 52.5 Å². The monoisotopic (exact) mass is 566 g/mol. The van der Waals surface area contributed by atoms with Gasteiger partial charge in [-0.15, -0.1) is 0 Å². The largest absolute Gasteiger partial charge is 0.496 e. The maximum absolute atomic E-state index is 13.5. The van der Waals surface area contributed by atoms with Crippen LogP contribution in [0.4, 0.5) is 4.79 Å². The van der Waals surface area contributed by atoms with E-state index in [-0.39, 0.29) is 26.2 Å². The van der Waals surface area contributed by atoms with Gasteiger partial charge in [0.1, 0.15) is 34.7 Å². The normalized spacial score (nSPS) is 16.9. The molecule has 224 valence electrons. The van der Waals surface area contributed by atoms with Crippen molar-refractivity contribution in [3.63, 3.8) is 0 Å². The highest BCUT2D eigenvalue weighted by atomic mass is 16.6. The molecule has 1 saturated heterocycles. The summed E-state index contributed by atoms with van der Waals surface area (Å²) in [4.78, 5) is 54.9. The summed E-state index contributed by atoms with van der Waals surface area (Å²) < 4.78 is 32.2. The summed E-state index contributed by atoms with van der Waals surface area (Å²) in [5.74, 6) is -0.600. The van der Waals surface area contributed by atoms with Crippen molar-refractivity contribution >= 4 is 23.9 Å². The molecule has 1 aromatic carbocycles. The van der Waals surface area contributed by atoms with E-state index in [1.54, 1.807) is 39.8 Å².